The van der Waals surface area contributed by atoms with Gasteiger partial charge in [0.1, 0.15) is 0 Å². The highest BCUT2D eigenvalue weighted by molar-refractivity contribution is 8.02. The number of aryl methyl sites for hydroxylation is 1. The van der Waals surface area contributed by atoms with Gasteiger partial charge >= 0.3 is 0 Å². The first-order valence-corrected chi connectivity index (χ1v) is 20.8. The van der Waals surface area contributed by atoms with Gasteiger partial charge in [-0.2, -0.15) is 0 Å². The number of hydrogen-bond acceptors (Lipinski definition) is 4. The Kier molecular flexibility index (Phi) is 8.94. The van der Waals surface area contributed by atoms with Gasteiger partial charge in [0.15, 0.2) is 22.4 Å². The van der Waals surface area contributed by atoms with Gasteiger partial charge in [-0.05, 0) is 85.9 Å². The van der Waals surface area contributed by atoms with Crippen molar-refractivity contribution in [1.82, 2.24) is 0 Å². The van der Waals surface area contributed by atoms with E-state index in [2.05, 4.69) is 111 Å². The minimum atomic E-state index is -2.02. The highest BCUT2D eigenvalue weighted by Gasteiger charge is 2.55. The Bertz CT molecular complexity index is 1000. The number of rotatable bonds is 6. The molecule has 1 aromatic carbocycles. The number of carbonyl (C=O) groups is 1. The van der Waals surface area contributed by atoms with Gasteiger partial charge in [-0.25, -0.2) is 0 Å². The van der Waals surface area contributed by atoms with Crippen molar-refractivity contribution in [2.75, 3.05) is 0 Å². The molecule has 2 aliphatic rings. The van der Waals surface area contributed by atoms with E-state index < -0.39 is 22.0 Å². The topological polar surface area (TPSA) is 35.5 Å². The molecule has 2 fully saturated rings. The minimum absolute atomic E-state index is 0.0549. The van der Waals surface area contributed by atoms with E-state index in [-0.39, 0.29) is 28.2 Å². The molecule has 0 aromatic heterocycles. The Morgan fingerprint density at radius 1 is 0.946 bits per heavy atom. The molecule has 208 valence electrons. The van der Waals surface area contributed by atoms with E-state index in [0.29, 0.717) is 12.2 Å². The third kappa shape index (κ3) is 6.74. The second-order valence-electron chi connectivity index (χ2n) is 14.8. The summed E-state index contributed by atoms with van der Waals surface area (Å²) in [6.45, 7) is 27.5. The Morgan fingerprint density at radius 2 is 1.49 bits per heavy atom. The number of ketones is 1. The van der Waals surface area contributed by atoms with Crippen LogP contribution in [0.5, 0.6) is 0 Å². The third-order valence-corrected chi connectivity index (χ3v) is 19.9. The summed E-state index contributed by atoms with van der Waals surface area (Å²) in [5, 5.41) is 2.42. The molecule has 4 atom stereocenters. The number of Topliss-reactive ketones (excluding diaryl/α,β-unsaturated/α-hetero) is 1. The Hall–Kier alpha value is -0.666. The Labute approximate surface area is 233 Å². The Balaban J connectivity index is 1.93. The summed E-state index contributed by atoms with van der Waals surface area (Å²) in [6, 6.07) is 8.55. The summed E-state index contributed by atoms with van der Waals surface area (Å²) >= 11 is 1.67. The fourth-order valence-corrected chi connectivity index (χ4v) is 8.74. The number of thioether (sulfide) groups is 1. The van der Waals surface area contributed by atoms with E-state index in [9.17, 15) is 4.79 Å². The molecular formula is C31H52O3SSi2. The molecule has 3 rings (SSSR count). The predicted octanol–water partition coefficient (Wildman–Crippen LogP) is 9.53. The van der Waals surface area contributed by atoms with Crippen LogP contribution < -0.4 is 0 Å². The van der Waals surface area contributed by atoms with Crippen LogP contribution in [0.15, 0.2) is 40.1 Å². The highest BCUT2D eigenvalue weighted by atomic mass is 32.2. The maximum Gasteiger partial charge on any atom is 0.192 e. The lowest BCUT2D eigenvalue weighted by Gasteiger charge is -2.53. The highest BCUT2D eigenvalue weighted by Crippen LogP contribution is 2.54. The van der Waals surface area contributed by atoms with Crippen LogP contribution in [-0.4, -0.2) is 34.6 Å². The SMILES string of the molecule is Cc1ccc(S/C=C2\C[C@H](O[Si](C)(C)C(C)(C)C)[C@@H]3C[C@@H](O[Si](C)(C)C(C)(C)C)CC[C@]3(C)C2=O)cc1. The molecular weight excluding hydrogens is 509 g/mol. The summed E-state index contributed by atoms with van der Waals surface area (Å²) in [4.78, 5) is 15.2. The lowest BCUT2D eigenvalue weighted by molar-refractivity contribution is -0.140. The van der Waals surface area contributed by atoms with Gasteiger partial charge in [0.25, 0.3) is 0 Å². The normalized spacial score (nSPS) is 28.9. The molecule has 6 heteroatoms. The molecule has 0 spiro atoms. The van der Waals surface area contributed by atoms with E-state index in [0.717, 1.165) is 24.8 Å². The molecule has 2 aliphatic carbocycles. The van der Waals surface area contributed by atoms with Crippen molar-refractivity contribution in [1.29, 1.82) is 0 Å². The molecule has 0 bridgehead atoms. The van der Waals surface area contributed by atoms with E-state index in [1.165, 1.54) is 10.5 Å². The fraction of sp³-hybridized carbons (Fsp3) is 0.710. The molecule has 2 saturated carbocycles. The van der Waals surface area contributed by atoms with Gasteiger partial charge in [0, 0.05) is 28.4 Å². The van der Waals surface area contributed by atoms with Gasteiger partial charge in [-0.3, -0.25) is 4.79 Å². The summed E-state index contributed by atoms with van der Waals surface area (Å²) in [5.74, 6) is 0.525. The maximum atomic E-state index is 14.1. The maximum absolute atomic E-state index is 14.1. The standard InChI is InChI=1S/C31H52O3SSi2/c1-22-13-15-25(16-14-22)35-21-23-19-27(34-37(11,12)30(5,6)7)26-20-24(17-18-31(26,8)28(23)32)33-36(9,10)29(2,3)4/h13-16,21,24,26-27H,17-20H2,1-12H3/b23-21+/t24-,26-,27-,31-/m0/s1. The zero-order valence-electron chi connectivity index (χ0n) is 25.6. The van der Waals surface area contributed by atoms with Crippen LogP contribution >= 0.6 is 11.8 Å². The van der Waals surface area contributed by atoms with Crippen molar-refractivity contribution in [3.05, 3.63) is 40.8 Å². The van der Waals surface area contributed by atoms with E-state index in [4.69, 9.17) is 8.85 Å². The van der Waals surface area contributed by atoms with Crippen LogP contribution in [0.3, 0.4) is 0 Å². The van der Waals surface area contributed by atoms with Crippen molar-refractivity contribution in [2.24, 2.45) is 11.3 Å². The monoisotopic (exact) mass is 560 g/mol. The average Bonchev–Trinajstić information content (AvgIpc) is 2.75. The second-order valence-corrected chi connectivity index (χ2v) is 25.3. The van der Waals surface area contributed by atoms with Gasteiger partial charge in [0.2, 0.25) is 0 Å². The van der Waals surface area contributed by atoms with Crippen LogP contribution in [0.2, 0.25) is 36.3 Å². The zero-order chi connectivity index (χ0) is 28.0. The number of fused-ring (bicyclic) bond motifs is 1. The van der Waals surface area contributed by atoms with Gasteiger partial charge < -0.3 is 8.85 Å². The molecule has 0 aliphatic heterocycles. The number of benzene rings is 1. The van der Waals surface area contributed by atoms with E-state index >= 15 is 0 Å². The zero-order valence-corrected chi connectivity index (χ0v) is 28.4. The van der Waals surface area contributed by atoms with E-state index in [1.54, 1.807) is 11.8 Å². The summed E-state index contributed by atoms with van der Waals surface area (Å²) in [6.07, 6.45) is 3.73. The third-order valence-electron chi connectivity index (χ3n) is 9.88. The molecule has 0 amide bonds. The number of carbonyl (C=O) groups excluding carboxylic acids is 1. The van der Waals surface area contributed by atoms with Gasteiger partial charge in [-0.15, -0.1) is 0 Å². The van der Waals surface area contributed by atoms with Crippen molar-refractivity contribution < 1.29 is 13.6 Å². The lowest BCUT2D eigenvalue weighted by atomic mass is 9.57. The molecule has 1 aromatic rings. The molecule has 0 N–H and O–H groups in total. The fourth-order valence-electron chi connectivity index (χ4n) is 5.21. The first-order chi connectivity index (χ1) is 16.8. The summed E-state index contributed by atoms with van der Waals surface area (Å²) < 4.78 is 14.1. The quantitative estimate of drug-likeness (QED) is 0.197. The molecule has 0 heterocycles. The largest absolute Gasteiger partial charge is 0.414 e. The molecule has 0 saturated heterocycles. The van der Waals surface area contributed by atoms with Crippen molar-refractivity contribution in [3.8, 4) is 0 Å². The van der Waals surface area contributed by atoms with Crippen LogP contribution in [-0.2, 0) is 13.6 Å². The predicted molar refractivity (Wildman–Crippen MR) is 164 cm³/mol. The first kappa shape index (κ1) is 30.9. The Morgan fingerprint density at radius 3 is 2.03 bits per heavy atom. The first-order valence-electron chi connectivity index (χ1n) is 14.1. The van der Waals surface area contributed by atoms with Crippen molar-refractivity contribution in [3.63, 3.8) is 0 Å². The van der Waals surface area contributed by atoms with Crippen LogP contribution in [0.25, 0.3) is 0 Å². The van der Waals surface area contributed by atoms with Crippen LogP contribution in [0, 0.1) is 18.3 Å². The summed E-state index contributed by atoms with van der Waals surface area (Å²) in [7, 11) is -3.91. The van der Waals surface area contributed by atoms with Crippen LogP contribution in [0.1, 0.15) is 79.7 Å². The average molecular weight is 561 g/mol. The molecule has 3 nitrogen and oxygen atoms in total. The lowest BCUT2D eigenvalue weighted by Crippen LogP contribution is -2.57. The van der Waals surface area contributed by atoms with Crippen molar-refractivity contribution in [2.45, 2.75) is 134 Å². The minimum Gasteiger partial charge on any atom is -0.414 e. The van der Waals surface area contributed by atoms with Crippen molar-refractivity contribution >= 4 is 34.2 Å². The van der Waals surface area contributed by atoms with E-state index in [1.807, 2.05) is 0 Å². The van der Waals surface area contributed by atoms with Gasteiger partial charge in [0.05, 0.1) is 6.10 Å². The second kappa shape index (κ2) is 10.7. The summed E-state index contributed by atoms with van der Waals surface area (Å²) in [5.41, 5.74) is 1.80. The molecule has 37 heavy (non-hydrogen) atoms. The van der Waals surface area contributed by atoms with Crippen LogP contribution in [0.4, 0.5) is 0 Å². The molecule has 0 unspecified atom stereocenters. The smallest absolute Gasteiger partial charge is 0.192 e. The van der Waals surface area contributed by atoms with Gasteiger partial charge in [-0.1, -0.05) is 77.9 Å². The molecule has 0 radical (unpaired) electrons. The number of hydrogen-bond donors (Lipinski definition) is 0.